The Balaban J connectivity index is 1.87. The SMILES string of the molecule is Cc1cc(C)c2c(Oc3ccc(O)c(S(=O)(=O)c4ccc(F)cc4)c3)c(C(=O)O)n(C)c2c1. The van der Waals surface area contributed by atoms with Crippen molar-refractivity contribution in [2.24, 2.45) is 7.05 Å². The van der Waals surface area contributed by atoms with Crippen molar-refractivity contribution < 1.29 is 32.6 Å². The Bertz CT molecular complexity index is 1520. The fraction of sp³-hybridized carbons (Fsp3) is 0.125. The van der Waals surface area contributed by atoms with Crippen LogP contribution in [0.3, 0.4) is 0 Å². The number of aromatic hydroxyl groups is 1. The molecule has 0 saturated carbocycles. The highest BCUT2D eigenvalue weighted by Crippen LogP contribution is 2.40. The number of fused-ring (bicyclic) bond motifs is 1. The number of phenolic OH excluding ortho intramolecular Hbond substituents is 1. The second-order valence-electron chi connectivity index (χ2n) is 7.71. The lowest BCUT2D eigenvalue weighted by Gasteiger charge is -2.11. The summed E-state index contributed by atoms with van der Waals surface area (Å²) in [6.45, 7) is 3.72. The molecule has 7 nitrogen and oxygen atoms in total. The summed E-state index contributed by atoms with van der Waals surface area (Å²) < 4.78 is 46.7. The zero-order valence-corrected chi connectivity index (χ0v) is 18.8. The molecule has 4 rings (SSSR count). The number of benzene rings is 3. The number of sulfone groups is 1. The number of hydrogen-bond acceptors (Lipinski definition) is 5. The number of carboxylic acid groups (broad SMARTS) is 1. The maximum absolute atomic E-state index is 13.2. The van der Waals surface area contributed by atoms with E-state index in [2.05, 4.69) is 0 Å². The number of rotatable bonds is 5. The molecule has 9 heteroatoms. The number of aromatic nitrogens is 1. The van der Waals surface area contributed by atoms with Gasteiger partial charge in [-0.05, 0) is 67.4 Å². The van der Waals surface area contributed by atoms with E-state index in [9.17, 15) is 27.8 Å². The number of aryl methyl sites for hydroxylation is 3. The Labute approximate surface area is 189 Å². The Morgan fingerprint density at radius 2 is 1.70 bits per heavy atom. The van der Waals surface area contributed by atoms with E-state index in [0.29, 0.717) is 10.9 Å². The fourth-order valence-corrected chi connectivity index (χ4v) is 5.23. The first-order valence-electron chi connectivity index (χ1n) is 9.85. The molecule has 0 unspecified atom stereocenters. The molecule has 0 spiro atoms. The molecule has 0 aliphatic carbocycles. The monoisotopic (exact) mass is 469 g/mol. The van der Waals surface area contributed by atoms with Crippen molar-refractivity contribution in [2.75, 3.05) is 0 Å². The predicted molar refractivity (Wildman–Crippen MR) is 119 cm³/mol. The quantitative estimate of drug-likeness (QED) is 0.400. The van der Waals surface area contributed by atoms with E-state index in [4.69, 9.17) is 4.74 Å². The van der Waals surface area contributed by atoms with Crippen LogP contribution < -0.4 is 4.74 Å². The predicted octanol–water partition coefficient (Wildman–Crippen LogP) is 4.96. The van der Waals surface area contributed by atoms with Crippen molar-refractivity contribution in [2.45, 2.75) is 23.6 Å². The van der Waals surface area contributed by atoms with Gasteiger partial charge in [-0.15, -0.1) is 0 Å². The van der Waals surface area contributed by atoms with Crippen LogP contribution >= 0.6 is 0 Å². The smallest absolute Gasteiger partial charge is 0.356 e. The van der Waals surface area contributed by atoms with Gasteiger partial charge in [-0.2, -0.15) is 0 Å². The Hall–Kier alpha value is -3.85. The second kappa shape index (κ2) is 7.93. The third-order valence-electron chi connectivity index (χ3n) is 5.37. The van der Waals surface area contributed by atoms with E-state index in [1.54, 1.807) is 7.05 Å². The van der Waals surface area contributed by atoms with Gasteiger partial charge in [0.05, 0.1) is 10.4 Å². The highest BCUT2D eigenvalue weighted by molar-refractivity contribution is 7.91. The van der Waals surface area contributed by atoms with Crippen molar-refractivity contribution in [1.82, 2.24) is 4.57 Å². The molecular weight excluding hydrogens is 449 g/mol. The second-order valence-corrected chi connectivity index (χ2v) is 9.62. The summed E-state index contributed by atoms with van der Waals surface area (Å²) >= 11 is 0. The van der Waals surface area contributed by atoms with Crippen molar-refractivity contribution in [3.05, 3.63) is 77.2 Å². The molecule has 0 fully saturated rings. The van der Waals surface area contributed by atoms with Crippen LogP contribution in [0.25, 0.3) is 10.9 Å². The van der Waals surface area contributed by atoms with Gasteiger partial charge in [0.25, 0.3) is 0 Å². The first kappa shape index (κ1) is 22.3. The lowest BCUT2D eigenvalue weighted by atomic mass is 10.1. The molecule has 4 aromatic rings. The van der Waals surface area contributed by atoms with Gasteiger partial charge in [0.15, 0.2) is 11.4 Å². The molecule has 0 saturated heterocycles. The number of carbonyl (C=O) groups is 1. The maximum atomic E-state index is 13.2. The van der Waals surface area contributed by atoms with Crippen molar-refractivity contribution in [3.8, 4) is 17.2 Å². The third kappa shape index (κ3) is 3.80. The van der Waals surface area contributed by atoms with Crippen LogP contribution in [0.5, 0.6) is 17.2 Å². The fourth-order valence-electron chi connectivity index (χ4n) is 3.87. The van der Waals surface area contributed by atoms with E-state index in [1.807, 2.05) is 26.0 Å². The zero-order chi connectivity index (χ0) is 24.1. The average molecular weight is 469 g/mol. The van der Waals surface area contributed by atoms with E-state index in [0.717, 1.165) is 47.5 Å². The van der Waals surface area contributed by atoms with Crippen molar-refractivity contribution in [1.29, 1.82) is 0 Å². The van der Waals surface area contributed by atoms with Crippen LogP contribution in [0.1, 0.15) is 21.6 Å². The number of ether oxygens (including phenoxy) is 1. The summed E-state index contributed by atoms with van der Waals surface area (Å²) in [5.41, 5.74) is 2.29. The molecule has 0 bridgehead atoms. The molecule has 0 aliphatic rings. The molecule has 0 radical (unpaired) electrons. The molecule has 1 aromatic heterocycles. The first-order valence-corrected chi connectivity index (χ1v) is 11.3. The van der Waals surface area contributed by atoms with Gasteiger partial charge in [0, 0.05) is 18.5 Å². The van der Waals surface area contributed by atoms with Crippen LogP contribution in [0.4, 0.5) is 4.39 Å². The molecule has 3 aromatic carbocycles. The molecule has 2 N–H and O–H groups in total. The summed E-state index contributed by atoms with van der Waals surface area (Å²) in [7, 11) is -2.59. The Morgan fingerprint density at radius 3 is 2.33 bits per heavy atom. The minimum atomic E-state index is -4.20. The number of phenols is 1. The normalized spacial score (nSPS) is 11.6. The average Bonchev–Trinajstić information content (AvgIpc) is 3.01. The maximum Gasteiger partial charge on any atom is 0.356 e. The van der Waals surface area contributed by atoms with E-state index < -0.39 is 32.3 Å². The standard InChI is InChI=1S/C24H20FNO6S/c1-13-10-14(2)21-18(11-13)26(3)22(24(28)29)23(21)32-16-6-9-19(27)20(12-16)33(30,31)17-7-4-15(25)5-8-17/h4-12,27H,1-3H3,(H,28,29). The summed E-state index contributed by atoms with van der Waals surface area (Å²) in [4.78, 5) is 11.4. The minimum absolute atomic E-state index is 0.0171. The minimum Gasteiger partial charge on any atom is -0.507 e. The lowest BCUT2D eigenvalue weighted by molar-refractivity contribution is 0.0684. The highest BCUT2D eigenvalue weighted by Gasteiger charge is 2.26. The topological polar surface area (TPSA) is 106 Å². The largest absolute Gasteiger partial charge is 0.507 e. The van der Waals surface area contributed by atoms with Crippen molar-refractivity contribution in [3.63, 3.8) is 0 Å². The van der Waals surface area contributed by atoms with E-state index >= 15 is 0 Å². The summed E-state index contributed by atoms with van der Waals surface area (Å²) in [5.74, 6) is -2.25. The third-order valence-corrected chi connectivity index (χ3v) is 7.16. The van der Waals surface area contributed by atoms with Gasteiger partial charge in [0.2, 0.25) is 9.84 Å². The van der Waals surface area contributed by atoms with Gasteiger partial charge in [0.1, 0.15) is 22.2 Å². The molecule has 0 aliphatic heterocycles. The lowest BCUT2D eigenvalue weighted by Crippen LogP contribution is -2.06. The number of hydrogen-bond donors (Lipinski definition) is 2. The number of nitrogens with zero attached hydrogens (tertiary/aromatic N) is 1. The van der Waals surface area contributed by atoms with Crippen molar-refractivity contribution >= 4 is 26.7 Å². The molecule has 170 valence electrons. The molecular formula is C24H20FNO6S. The van der Waals surface area contributed by atoms with Crippen LogP contribution in [0.2, 0.25) is 0 Å². The van der Waals surface area contributed by atoms with Gasteiger partial charge >= 0.3 is 5.97 Å². The van der Waals surface area contributed by atoms with Gasteiger partial charge in [-0.3, -0.25) is 0 Å². The van der Waals surface area contributed by atoms with Gasteiger partial charge in [-0.25, -0.2) is 17.6 Å². The Morgan fingerprint density at radius 1 is 1.03 bits per heavy atom. The first-order chi connectivity index (χ1) is 15.5. The van der Waals surface area contributed by atoms with Crippen LogP contribution in [-0.2, 0) is 16.9 Å². The zero-order valence-electron chi connectivity index (χ0n) is 18.0. The van der Waals surface area contributed by atoms with Crippen LogP contribution in [-0.4, -0.2) is 29.2 Å². The number of aromatic carboxylic acids is 1. The van der Waals surface area contributed by atoms with Crippen LogP contribution in [0, 0.1) is 19.7 Å². The van der Waals surface area contributed by atoms with E-state index in [-0.39, 0.29) is 22.1 Å². The molecule has 0 amide bonds. The van der Waals surface area contributed by atoms with Gasteiger partial charge in [-0.1, -0.05) is 6.07 Å². The Kier molecular flexibility index (Phi) is 5.37. The molecule has 1 heterocycles. The molecule has 0 atom stereocenters. The summed E-state index contributed by atoms with van der Waals surface area (Å²) in [6.07, 6.45) is 0. The summed E-state index contributed by atoms with van der Waals surface area (Å²) in [5, 5.41) is 20.6. The van der Waals surface area contributed by atoms with E-state index in [1.165, 1.54) is 10.6 Å². The van der Waals surface area contributed by atoms with Crippen LogP contribution in [0.15, 0.2) is 64.4 Å². The number of carboxylic acids is 1. The molecule has 33 heavy (non-hydrogen) atoms. The van der Waals surface area contributed by atoms with Gasteiger partial charge < -0.3 is 19.5 Å². The highest BCUT2D eigenvalue weighted by atomic mass is 32.2. The number of halogens is 1. The summed E-state index contributed by atoms with van der Waals surface area (Å²) in [6, 6.07) is 11.5.